The molecule has 0 saturated heterocycles. The van der Waals surface area contributed by atoms with Crippen LogP contribution in [0.3, 0.4) is 0 Å². The fraction of sp³-hybridized carbons (Fsp3) is 0.308. The van der Waals surface area contributed by atoms with E-state index < -0.39 is 0 Å². The van der Waals surface area contributed by atoms with Crippen molar-refractivity contribution in [2.45, 2.75) is 24.7 Å². The summed E-state index contributed by atoms with van der Waals surface area (Å²) in [5.41, 5.74) is 2.71. The Morgan fingerprint density at radius 2 is 2.07 bits per heavy atom. The fourth-order valence-electron chi connectivity index (χ4n) is 1.64. The fourth-order valence-corrected chi connectivity index (χ4v) is 2.17. The van der Waals surface area contributed by atoms with Crippen molar-refractivity contribution in [3.8, 4) is 0 Å². The van der Waals surface area contributed by atoms with Gasteiger partial charge in [-0.2, -0.15) is 0 Å². The van der Waals surface area contributed by atoms with Crippen LogP contribution < -0.4 is 0 Å². The van der Waals surface area contributed by atoms with Crippen LogP contribution in [0.4, 0.5) is 0 Å². The molecule has 1 heteroatoms. The van der Waals surface area contributed by atoms with Crippen LogP contribution in [0.2, 0.25) is 0 Å². The Bertz CT molecular complexity index is 350. The number of hydrogen-bond acceptors (Lipinski definition) is 0. The van der Waals surface area contributed by atoms with Crippen molar-refractivity contribution in [3.63, 3.8) is 0 Å². The van der Waals surface area contributed by atoms with Gasteiger partial charge in [-0.15, -0.1) is 6.58 Å². The summed E-state index contributed by atoms with van der Waals surface area (Å²) < 4.78 is 1.16. The SMILES string of the molecule is [CH2]C(C=C)c1cc(Br)cc(C2CC2)c1. The molecule has 0 bridgehead atoms. The minimum absolute atomic E-state index is 0.199. The van der Waals surface area contributed by atoms with Crippen molar-refractivity contribution in [1.82, 2.24) is 0 Å². The average molecular weight is 250 g/mol. The maximum absolute atomic E-state index is 4.05. The van der Waals surface area contributed by atoms with Crippen LogP contribution >= 0.6 is 15.9 Å². The van der Waals surface area contributed by atoms with Gasteiger partial charge in [0.25, 0.3) is 0 Å². The Morgan fingerprint density at radius 3 is 2.64 bits per heavy atom. The van der Waals surface area contributed by atoms with E-state index in [-0.39, 0.29) is 5.92 Å². The summed E-state index contributed by atoms with van der Waals surface area (Å²) in [6, 6.07) is 6.62. The smallest absolute Gasteiger partial charge is 0.0181 e. The molecule has 1 radical (unpaired) electrons. The normalized spacial score (nSPS) is 17.9. The zero-order chi connectivity index (χ0) is 10.1. The molecule has 1 aliphatic rings. The maximum atomic E-state index is 4.05. The molecule has 1 atom stereocenters. The molecule has 1 saturated carbocycles. The lowest BCUT2D eigenvalue weighted by Crippen LogP contribution is -1.91. The quantitative estimate of drug-likeness (QED) is 0.696. The summed E-state index contributed by atoms with van der Waals surface area (Å²) in [5.74, 6) is 0.994. The van der Waals surface area contributed by atoms with Gasteiger partial charge in [-0.05, 0) is 48.9 Å². The van der Waals surface area contributed by atoms with Crippen LogP contribution in [0.1, 0.15) is 35.8 Å². The standard InChI is InChI=1S/C13H14Br/c1-3-9(2)11-6-12(10-4-5-10)8-13(14)7-11/h3,6-10H,1-2,4-5H2. The third-order valence-electron chi connectivity index (χ3n) is 2.70. The molecule has 0 aromatic heterocycles. The van der Waals surface area contributed by atoms with Gasteiger partial charge in [0, 0.05) is 10.4 Å². The van der Waals surface area contributed by atoms with Crippen molar-refractivity contribution in [2.75, 3.05) is 0 Å². The predicted octanol–water partition coefficient (Wildman–Crippen LogP) is 4.43. The molecular formula is C13H14Br. The third-order valence-corrected chi connectivity index (χ3v) is 3.16. The first kappa shape index (κ1) is 9.97. The van der Waals surface area contributed by atoms with Crippen LogP contribution in [-0.2, 0) is 0 Å². The van der Waals surface area contributed by atoms with Crippen LogP contribution in [0, 0.1) is 6.92 Å². The van der Waals surface area contributed by atoms with Crippen molar-refractivity contribution in [3.05, 3.63) is 53.4 Å². The van der Waals surface area contributed by atoms with Gasteiger partial charge in [0.2, 0.25) is 0 Å². The molecule has 1 unspecified atom stereocenters. The summed E-state index contributed by atoms with van der Waals surface area (Å²) in [5, 5.41) is 0. The van der Waals surface area contributed by atoms with Crippen molar-refractivity contribution < 1.29 is 0 Å². The second-order valence-electron chi connectivity index (χ2n) is 3.93. The Kier molecular flexibility index (Phi) is 2.78. The topological polar surface area (TPSA) is 0 Å². The van der Waals surface area contributed by atoms with Gasteiger partial charge in [-0.25, -0.2) is 0 Å². The Morgan fingerprint density at radius 1 is 1.36 bits per heavy atom. The molecule has 14 heavy (non-hydrogen) atoms. The molecule has 1 aromatic carbocycles. The number of hydrogen-bond donors (Lipinski definition) is 0. The highest BCUT2D eigenvalue weighted by molar-refractivity contribution is 9.10. The number of halogens is 1. The van der Waals surface area contributed by atoms with Crippen molar-refractivity contribution in [2.24, 2.45) is 0 Å². The van der Waals surface area contributed by atoms with Crippen LogP contribution in [0.5, 0.6) is 0 Å². The molecule has 0 aliphatic heterocycles. The molecule has 2 rings (SSSR count). The highest BCUT2D eigenvalue weighted by atomic mass is 79.9. The summed E-state index contributed by atoms with van der Waals surface area (Å²) >= 11 is 3.54. The lowest BCUT2D eigenvalue weighted by Gasteiger charge is -2.09. The summed E-state index contributed by atoms with van der Waals surface area (Å²) in [7, 11) is 0. The van der Waals surface area contributed by atoms with E-state index in [1.165, 1.54) is 24.0 Å². The third kappa shape index (κ3) is 2.09. The molecule has 1 aromatic rings. The van der Waals surface area contributed by atoms with E-state index in [0.717, 1.165) is 10.4 Å². The van der Waals surface area contributed by atoms with Gasteiger partial charge in [0.05, 0.1) is 0 Å². The molecule has 0 nitrogen and oxygen atoms in total. The molecule has 0 spiro atoms. The van der Waals surface area contributed by atoms with Gasteiger partial charge < -0.3 is 0 Å². The Labute approximate surface area is 94.2 Å². The van der Waals surface area contributed by atoms with E-state index in [1.54, 1.807) is 0 Å². The first-order valence-corrected chi connectivity index (χ1v) is 5.76. The van der Waals surface area contributed by atoms with Gasteiger partial charge >= 0.3 is 0 Å². The first-order valence-electron chi connectivity index (χ1n) is 4.96. The van der Waals surface area contributed by atoms with E-state index in [2.05, 4.69) is 47.6 Å². The van der Waals surface area contributed by atoms with Gasteiger partial charge in [-0.3, -0.25) is 0 Å². The predicted molar refractivity (Wildman–Crippen MR) is 64.4 cm³/mol. The molecule has 1 fully saturated rings. The lowest BCUT2D eigenvalue weighted by molar-refractivity contribution is 1.05. The van der Waals surface area contributed by atoms with E-state index in [1.807, 2.05) is 6.08 Å². The molecule has 0 N–H and O–H groups in total. The van der Waals surface area contributed by atoms with Crippen molar-refractivity contribution in [1.29, 1.82) is 0 Å². The molecule has 1 aliphatic carbocycles. The summed E-state index contributed by atoms with van der Waals surface area (Å²) in [6.45, 7) is 7.83. The van der Waals surface area contributed by atoms with E-state index in [9.17, 15) is 0 Å². The lowest BCUT2D eigenvalue weighted by atomic mass is 9.98. The van der Waals surface area contributed by atoms with Gasteiger partial charge in [0.1, 0.15) is 0 Å². The Balaban J connectivity index is 2.35. The largest absolute Gasteiger partial charge is 0.102 e. The maximum Gasteiger partial charge on any atom is 0.0181 e. The molecular weight excluding hydrogens is 236 g/mol. The second-order valence-corrected chi connectivity index (χ2v) is 4.85. The molecule has 0 heterocycles. The van der Waals surface area contributed by atoms with Crippen LogP contribution in [0.25, 0.3) is 0 Å². The van der Waals surface area contributed by atoms with E-state index in [0.29, 0.717) is 0 Å². The Hall–Kier alpha value is -0.560. The number of benzene rings is 1. The van der Waals surface area contributed by atoms with Gasteiger partial charge in [-0.1, -0.05) is 28.1 Å². The molecule has 73 valence electrons. The van der Waals surface area contributed by atoms with E-state index >= 15 is 0 Å². The zero-order valence-electron chi connectivity index (χ0n) is 8.17. The number of allylic oxidation sites excluding steroid dienone is 1. The highest BCUT2D eigenvalue weighted by Gasteiger charge is 2.24. The van der Waals surface area contributed by atoms with Crippen LogP contribution in [-0.4, -0.2) is 0 Å². The zero-order valence-corrected chi connectivity index (χ0v) is 9.76. The monoisotopic (exact) mass is 249 g/mol. The summed E-state index contributed by atoms with van der Waals surface area (Å²) in [6.07, 6.45) is 4.57. The second kappa shape index (κ2) is 3.90. The van der Waals surface area contributed by atoms with Gasteiger partial charge in [0.15, 0.2) is 0 Å². The van der Waals surface area contributed by atoms with E-state index in [4.69, 9.17) is 0 Å². The van der Waals surface area contributed by atoms with Crippen molar-refractivity contribution >= 4 is 15.9 Å². The highest BCUT2D eigenvalue weighted by Crippen LogP contribution is 2.41. The van der Waals surface area contributed by atoms with Crippen LogP contribution in [0.15, 0.2) is 35.3 Å². The minimum atomic E-state index is 0.199. The first-order chi connectivity index (χ1) is 6.70. The minimum Gasteiger partial charge on any atom is -0.102 e. The average Bonchev–Trinajstić information content (AvgIpc) is 2.98. The summed E-state index contributed by atoms with van der Waals surface area (Å²) in [4.78, 5) is 0. The molecule has 0 amide bonds. The number of rotatable bonds is 3.